The maximum absolute atomic E-state index is 12.3. The number of alkyl halides is 5. The van der Waals surface area contributed by atoms with Gasteiger partial charge in [0.2, 0.25) is 6.17 Å². The van der Waals surface area contributed by atoms with Crippen molar-refractivity contribution in [2.45, 2.75) is 25.4 Å². The fourth-order valence-corrected chi connectivity index (χ4v) is 0.438. The highest BCUT2D eigenvalue weighted by molar-refractivity contribution is 5.65. The van der Waals surface area contributed by atoms with Gasteiger partial charge in [-0.3, -0.25) is 4.79 Å². The molecule has 0 aromatic carbocycles. The van der Waals surface area contributed by atoms with E-state index in [1.165, 1.54) is 0 Å². The van der Waals surface area contributed by atoms with E-state index in [4.69, 9.17) is 0 Å². The summed E-state index contributed by atoms with van der Waals surface area (Å²) in [6, 6.07) is 0. The van der Waals surface area contributed by atoms with E-state index in [-0.39, 0.29) is 0 Å². The van der Waals surface area contributed by atoms with Crippen molar-refractivity contribution in [3.05, 3.63) is 0 Å². The molecule has 0 rings (SSSR count). The van der Waals surface area contributed by atoms with Crippen LogP contribution in [0.2, 0.25) is 0 Å². The molecule has 1 unspecified atom stereocenters. The first-order valence-electron chi connectivity index (χ1n) is 3.22. The van der Waals surface area contributed by atoms with Gasteiger partial charge in [-0.05, 0) is 0 Å². The number of esters is 1. The molecule has 0 bridgehead atoms. The maximum Gasteiger partial charge on any atom is 0.341 e. The second kappa shape index (κ2) is 4.38. The molecule has 0 fully saturated rings. The first-order valence-corrected chi connectivity index (χ1v) is 3.22. The lowest BCUT2D eigenvalue weighted by atomic mass is 10.2. The molecule has 0 saturated heterocycles. The van der Waals surface area contributed by atoms with Crippen LogP contribution in [-0.4, -0.2) is 31.1 Å². The molecule has 13 heavy (non-hydrogen) atoms. The van der Waals surface area contributed by atoms with Crippen molar-refractivity contribution in [2.75, 3.05) is 6.61 Å². The molecule has 0 spiro atoms. The van der Waals surface area contributed by atoms with E-state index in [1.54, 1.807) is 0 Å². The Morgan fingerprint density at radius 3 is 2.15 bits per heavy atom. The van der Waals surface area contributed by atoms with Crippen LogP contribution in [0.3, 0.4) is 0 Å². The minimum Gasteiger partial charge on any atom is -0.463 e. The summed E-state index contributed by atoms with van der Waals surface area (Å²) in [6.07, 6.45) is -7.30. The summed E-state index contributed by atoms with van der Waals surface area (Å²) in [7, 11) is 0. The predicted octanol–water partition coefficient (Wildman–Crippen LogP) is 1.79. The van der Waals surface area contributed by atoms with Crippen molar-refractivity contribution in [1.29, 1.82) is 0 Å². The number of carbonyl (C=O) groups excluding carboxylic acids is 1. The molecule has 0 heterocycles. The van der Waals surface area contributed by atoms with Crippen molar-refractivity contribution >= 4 is 5.97 Å². The van der Waals surface area contributed by atoms with Crippen molar-refractivity contribution < 1.29 is 31.5 Å². The van der Waals surface area contributed by atoms with Crippen molar-refractivity contribution in [1.82, 2.24) is 0 Å². The molecule has 1 atom stereocenters. The summed E-state index contributed by atoms with van der Waals surface area (Å²) in [5.41, 5.74) is 0. The van der Waals surface area contributed by atoms with Crippen LogP contribution in [0.1, 0.15) is 6.92 Å². The molecule has 78 valence electrons. The molecule has 2 nitrogen and oxygen atoms in total. The highest BCUT2D eigenvalue weighted by Crippen LogP contribution is 2.29. The molecular formula is C6H7F5O2. The number of rotatable bonds is 4. The van der Waals surface area contributed by atoms with Crippen LogP contribution >= 0.6 is 0 Å². The average molecular weight is 206 g/mol. The monoisotopic (exact) mass is 206 g/mol. The Bertz CT molecular complexity index is 182. The van der Waals surface area contributed by atoms with Gasteiger partial charge in [0.05, 0.1) is 0 Å². The van der Waals surface area contributed by atoms with Crippen molar-refractivity contribution in [2.24, 2.45) is 0 Å². The summed E-state index contributed by atoms with van der Waals surface area (Å²) >= 11 is 0. The molecule has 0 N–H and O–H groups in total. The number of hydrogen-bond acceptors (Lipinski definition) is 2. The summed E-state index contributed by atoms with van der Waals surface area (Å²) in [5, 5.41) is 0. The third kappa shape index (κ3) is 3.56. The van der Waals surface area contributed by atoms with Crippen LogP contribution in [0.25, 0.3) is 0 Å². The second-order valence-electron chi connectivity index (χ2n) is 2.25. The van der Waals surface area contributed by atoms with Crippen LogP contribution in [0.5, 0.6) is 0 Å². The lowest BCUT2D eigenvalue weighted by Gasteiger charge is -2.18. The molecular weight excluding hydrogens is 199 g/mol. The zero-order valence-electron chi connectivity index (χ0n) is 6.57. The Morgan fingerprint density at radius 1 is 1.38 bits per heavy atom. The number of ether oxygens (including phenoxy) is 1. The lowest BCUT2D eigenvalue weighted by molar-refractivity contribution is -0.185. The van der Waals surface area contributed by atoms with Gasteiger partial charge in [-0.15, -0.1) is 0 Å². The van der Waals surface area contributed by atoms with Gasteiger partial charge >= 0.3 is 18.3 Å². The SMILES string of the molecule is CC(=O)OCC(F)C(F)(F)C(F)F. The quantitative estimate of drug-likeness (QED) is 0.517. The third-order valence-corrected chi connectivity index (χ3v) is 1.14. The third-order valence-electron chi connectivity index (χ3n) is 1.14. The van der Waals surface area contributed by atoms with Crippen molar-refractivity contribution in [3.63, 3.8) is 0 Å². The Hall–Kier alpha value is -0.880. The predicted molar refractivity (Wildman–Crippen MR) is 32.5 cm³/mol. The molecule has 0 radical (unpaired) electrons. The molecule has 0 aliphatic rings. The molecule has 0 amide bonds. The maximum atomic E-state index is 12.3. The van der Waals surface area contributed by atoms with Crippen LogP contribution in [0.15, 0.2) is 0 Å². The van der Waals surface area contributed by atoms with Gasteiger partial charge in [-0.25, -0.2) is 13.2 Å². The second-order valence-corrected chi connectivity index (χ2v) is 2.25. The molecule has 0 aromatic heterocycles. The molecule has 0 aromatic rings. The van der Waals surface area contributed by atoms with Gasteiger partial charge in [0.15, 0.2) is 0 Å². The van der Waals surface area contributed by atoms with Crippen molar-refractivity contribution in [3.8, 4) is 0 Å². The zero-order valence-corrected chi connectivity index (χ0v) is 6.57. The van der Waals surface area contributed by atoms with E-state index >= 15 is 0 Å². The van der Waals surface area contributed by atoms with E-state index in [9.17, 15) is 26.7 Å². The molecule has 0 saturated carbocycles. The van der Waals surface area contributed by atoms with Crippen LogP contribution in [-0.2, 0) is 9.53 Å². The Kier molecular flexibility index (Phi) is 4.09. The smallest absolute Gasteiger partial charge is 0.341 e. The summed E-state index contributed by atoms with van der Waals surface area (Å²) in [5.74, 6) is -5.79. The summed E-state index contributed by atoms with van der Waals surface area (Å²) in [6.45, 7) is -0.514. The van der Waals surface area contributed by atoms with Crippen LogP contribution in [0, 0.1) is 0 Å². The first-order chi connectivity index (χ1) is 5.78. The topological polar surface area (TPSA) is 26.3 Å². The number of carbonyl (C=O) groups is 1. The minimum atomic E-state index is -4.78. The highest BCUT2D eigenvalue weighted by atomic mass is 19.3. The van der Waals surface area contributed by atoms with E-state index in [0.717, 1.165) is 6.92 Å². The van der Waals surface area contributed by atoms with Crippen LogP contribution < -0.4 is 0 Å². The molecule has 7 heteroatoms. The van der Waals surface area contributed by atoms with E-state index < -0.39 is 31.1 Å². The average Bonchev–Trinajstić information content (AvgIpc) is 1.99. The van der Waals surface area contributed by atoms with Gasteiger partial charge in [0.1, 0.15) is 6.61 Å². The summed E-state index contributed by atoms with van der Waals surface area (Å²) < 4.78 is 63.2. The van der Waals surface area contributed by atoms with Gasteiger partial charge < -0.3 is 4.74 Å². The first kappa shape index (κ1) is 12.1. The summed E-state index contributed by atoms with van der Waals surface area (Å²) in [4.78, 5) is 10.0. The highest BCUT2D eigenvalue weighted by Gasteiger charge is 2.50. The van der Waals surface area contributed by atoms with Gasteiger partial charge in [-0.2, -0.15) is 8.78 Å². The van der Waals surface area contributed by atoms with E-state index in [1.807, 2.05) is 0 Å². The van der Waals surface area contributed by atoms with Gasteiger partial charge in [-0.1, -0.05) is 0 Å². The van der Waals surface area contributed by atoms with E-state index in [2.05, 4.69) is 4.74 Å². The number of hydrogen-bond donors (Lipinski definition) is 0. The fraction of sp³-hybridized carbons (Fsp3) is 0.833. The lowest BCUT2D eigenvalue weighted by Crippen LogP contribution is -2.40. The van der Waals surface area contributed by atoms with Gasteiger partial charge in [0.25, 0.3) is 0 Å². The Labute approximate surface area is 70.7 Å². The van der Waals surface area contributed by atoms with E-state index in [0.29, 0.717) is 0 Å². The minimum absolute atomic E-state index is 0.854. The van der Waals surface area contributed by atoms with Crippen LogP contribution in [0.4, 0.5) is 22.0 Å². The number of halogens is 5. The molecule has 0 aliphatic heterocycles. The fourth-order valence-electron chi connectivity index (χ4n) is 0.438. The largest absolute Gasteiger partial charge is 0.463 e. The standard InChI is InChI=1S/C6H7F5O2/c1-3(12)13-2-4(7)6(10,11)5(8)9/h4-5H,2H2,1H3. The Morgan fingerprint density at radius 2 is 1.85 bits per heavy atom. The van der Waals surface area contributed by atoms with Gasteiger partial charge in [0, 0.05) is 6.92 Å². The molecule has 0 aliphatic carbocycles. The normalized spacial score (nSPS) is 14.4. The zero-order chi connectivity index (χ0) is 10.6. The Balaban J connectivity index is 4.09.